The highest BCUT2D eigenvalue weighted by molar-refractivity contribution is 9.10. The summed E-state index contributed by atoms with van der Waals surface area (Å²) < 4.78 is 42.8. The number of fused-ring (bicyclic) bond motifs is 2. The number of aromatic nitrogens is 1. The molecule has 6 rings (SSSR count). The van der Waals surface area contributed by atoms with Crippen molar-refractivity contribution in [1.82, 2.24) is 72.9 Å². The third-order valence-electron chi connectivity index (χ3n) is 20.8. The van der Waals surface area contributed by atoms with E-state index < -0.39 is 244 Å². The molecule has 15 atom stereocenters. The molecular formula is C75H109BrN18O22S. The third kappa shape index (κ3) is 26.3. The molecular weight excluding hydrogens is 1620 g/mol. The van der Waals surface area contributed by atoms with E-state index in [0.29, 0.717) is 25.8 Å². The Morgan fingerprint density at radius 3 is 2.00 bits per heavy atom. The van der Waals surface area contributed by atoms with Gasteiger partial charge in [-0.3, -0.25) is 81.5 Å². The number of rotatable bonds is 35. The molecule has 40 nitrogen and oxygen atoms in total. The molecule has 0 radical (unpaired) electrons. The molecule has 1 aromatic heterocycles. The highest BCUT2D eigenvalue weighted by Gasteiger charge is 2.48. The number of esters is 1. The van der Waals surface area contributed by atoms with Crippen LogP contribution >= 0.6 is 15.9 Å². The number of ether oxygens (including phenoxy) is 1. The molecule has 14 amide bonds. The van der Waals surface area contributed by atoms with Crippen LogP contribution in [0.3, 0.4) is 0 Å². The number of hydrogen-bond donors (Lipinski definition) is 17. The van der Waals surface area contributed by atoms with Gasteiger partial charge in [0.1, 0.15) is 96.5 Å². The molecule has 3 aliphatic heterocycles. The maximum Gasteiger partial charge on any atom is 0.329 e. The number of guanidine groups is 1. The standard InChI is InChI=1S/C75H109BrN18O22S/c1-12-75(9,10)59(91-67(107)58(74(6,7)8)90-66(106)51-22-17-31-94(51)71(111)56(89-60(100)38(4)82-36-95)57(99)40-23-25-42(76)26-24-40)68(108)84-46(32-41-34-81-44-19-14-13-18-43(41)44)62(102)83-45(20-15-29-80-73(78)79)61(101)86-48(35-117(113,114)115)63(103)88-55-39(5)116-72(112)47(33-53(97)98)85-65(105)50-21-16-30-93(50)70(110)54(37(2)3)87-64(104)49(27-28-52(77)96)92(11)69(55)109/h13-14,18-19,23-26,34,36-39,45-51,54-59,81,99H,12,15-17,20-22,27-33,35H2,1-11H3,(H2,77,96)(H,82,95)(H,83,102)(H,84,108)(H,85,105)(H,86,101)(H,87,104)(H,88,103)(H,89,100)(H,90,106)(H,91,107)(H,97,98)(H4,78,79,80)(H,113,114,115)/t38-,39-,45+,46-,47?,48-,49?,50+,51+,54?,55?,56?,57?,58+,59-/m1/s1. The molecule has 4 heterocycles. The monoisotopic (exact) mass is 1720 g/mol. The van der Waals surface area contributed by atoms with Gasteiger partial charge in [-0.15, -0.1) is 0 Å². The van der Waals surface area contributed by atoms with Gasteiger partial charge in [0.15, 0.2) is 5.96 Å². The van der Waals surface area contributed by atoms with E-state index in [-0.39, 0.29) is 76.6 Å². The summed E-state index contributed by atoms with van der Waals surface area (Å²) >= 11 is 3.33. The van der Waals surface area contributed by atoms with E-state index in [0.717, 1.165) is 23.8 Å². The molecule has 117 heavy (non-hydrogen) atoms. The minimum atomic E-state index is -5.42. The molecule has 0 aliphatic carbocycles. The lowest BCUT2D eigenvalue weighted by Gasteiger charge is -2.38. The van der Waals surface area contributed by atoms with Gasteiger partial charge in [-0.2, -0.15) is 8.42 Å². The normalized spacial score (nSPS) is 21.2. The highest BCUT2D eigenvalue weighted by Crippen LogP contribution is 2.31. The second kappa shape index (κ2) is 41.8. The van der Waals surface area contributed by atoms with E-state index in [4.69, 9.17) is 21.9 Å². The van der Waals surface area contributed by atoms with E-state index in [1.807, 2.05) is 0 Å². The van der Waals surface area contributed by atoms with Crippen LogP contribution in [0.25, 0.3) is 10.9 Å². The summed E-state index contributed by atoms with van der Waals surface area (Å²) in [7, 11) is -4.41. The summed E-state index contributed by atoms with van der Waals surface area (Å²) in [4.78, 5) is 237. The molecule has 42 heteroatoms. The number of hydrogen-bond acceptors (Lipinski definition) is 21. The molecule has 6 unspecified atom stereocenters. The first-order chi connectivity index (χ1) is 54.7. The first kappa shape index (κ1) is 95.0. The largest absolute Gasteiger partial charge is 0.481 e. The van der Waals surface area contributed by atoms with Crippen LogP contribution in [0.15, 0.2) is 64.2 Å². The zero-order chi connectivity index (χ0) is 87.5. The van der Waals surface area contributed by atoms with Crippen LogP contribution in [-0.2, 0) is 98.0 Å². The van der Waals surface area contributed by atoms with Gasteiger partial charge < -0.3 is 105 Å². The number of nitrogens with two attached hydrogens (primary N) is 3. The number of aliphatic hydroxyl groups excluding tert-OH is 1. The van der Waals surface area contributed by atoms with Gasteiger partial charge >= 0.3 is 11.9 Å². The van der Waals surface area contributed by atoms with Crippen molar-refractivity contribution in [2.24, 2.45) is 38.9 Å². The van der Waals surface area contributed by atoms with Crippen molar-refractivity contribution in [2.75, 3.05) is 32.4 Å². The number of aliphatic imine (C=N–C) groups is 1. The summed E-state index contributed by atoms with van der Waals surface area (Å²) in [5.74, 6) is -19.8. The van der Waals surface area contributed by atoms with Crippen LogP contribution in [-0.4, -0.2) is 261 Å². The Labute approximate surface area is 684 Å². The number of para-hydroxylation sites is 1. The summed E-state index contributed by atoms with van der Waals surface area (Å²) in [6.07, 6.45) is -4.41. The van der Waals surface area contributed by atoms with Crippen molar-refractivity contribution >= 4 is 138 Å². The number of carboxylic acids is 1. The minimum Gasteiger partial charge on any atom is -0.481 e. The topological polar surface area (TPSA) is 613 Å². The highest BCUT2D eigenvalue weighted by atomic mass is 79.9. The lowest BCUT2D eigenvalue weighted by atomic mass is 9.80. The number of cyclic esters (lactones) is 1. The fraction of sp³-hybridized carbons (Fsp3) is 0.587. The number of likely N-dealkylation sites (tertiary alicyclic amines) is 1. The molecule has 0 saturated carbocycles. The van der Waals surface area contributed by atoms with Gasteiger partial charge in [-0.25, -0.2) is 4.79 Å². The van der Waals surface area contributed by atoms with E-state index in [2.05, 4.69) is 79.1 Å². The SMILES string of the molecule is CCC(C)(C)[C@H](NC(=O)[C@H](NC(=O)[C@@H]1CCCN1C(=O)C(NC(=O)[C@@H](C)NC=O)C(O)c1ccc(Br)cc1)C(C)(C)C)C(=O)N[C@H](Cc1c[nH]c2ccccc12)C(=O)N[C@@H](CCCN=C(N)N)C(=O)N[C@H](CS(=O)(=O)O)C(=O)NC1C(=O)N(C)C(CCC(N)=O)C(=O)NC(C(C)C)C(=O)N2CCC[C@H]2C(=O)NC(CC(=O)O)C(=O)O[C@@H]1C. The number of primary amides is 1. The number of carbonyl (C=O) groups excluding carboxylic acids is 15. The molecule has 2 aromatic carbocycles. The van der Waals surface area contributed by atoms with Crippen LogP contribution in [0.5, 0.6) is 0 Å². The molecule has 3 aliphatic rings. The van der Waals surface area contributed by atoms with Gasteiger partial charge in [0, 0.05) is 61.1 Å². The molecule has 20 N–H and O–H groups in total. The Bertz CT molecular complexity index is 4320. The molecule has 3 aromatic rings. The first-order valence-corrected chi connectivity index (χ1v) is 40.6. The van der Waals surface area contributed by atoms with Crippen LogP contribution in [0, 0.1) is 16.7 Å². The van der Waals surface area contributed by atoms with Crippen molar-refractivity contribution in [3.63, 3.8) is 0 Å². The van der Waals surface area contributed by atoms with E-state index >= 15 is 24.0 Å². The predicted molar refractivity (Wildman–Crippen MR) is 424 cm³/mol. The zero-order valence-electron chi connectivity index (χ0n) is 67.0. The Kier molecular flexibility index (Phi) is 33.9. The van der Waals surface area contributed by atoms with Gasteiger partial charge in [0.25, 0.3) is 10.1 Å². The smallest absolute Gasteiger partial charge is 0.329 e. The number of aliphatic hydroxyl groups is 1. The van der Waals surface area contributed by atoms with Crippen LogP contribution in [0.2, 0.25) is 0 Å². The molecule has 644 valence electrons. The zero-order valence-corrected chi connectivity index (χ0v) is 69.4. The second-order valence-electron chi connectivity index (χ2n) is 31.4. The number of nitrogens with zero attached hydrogens (tertiary/aromatic N) is 4. The number of likely N-dealkylation sites (N-methyl/N-ethyl adjacent to an activating group) is 1. The average molecular weight is 1730 g/mol. The Hall–Kier alpha value is -10.9. The van der Waals surface area contributed by atoms with Crippen LogP contribution < -0.4 is 70.4 Å². The number of benzene rings is 2. The van der Waals surface area contributed by atoms with Crippen LogP contribution in [0.4, 0.5) is 0 Å². The summed E-state index contributed by atoms with van der Waals surface area (Å²) in [5, 5.41) is 47.2. The van der Waals surface area contributed by atoms with Gasteiger partial charge in [0.05, 0.1) is 6.42 Å². The lowest BCUT2D eigenvalue weighted by molar-refractivity contribution is -0.161. The summed E-state index contributed by atoms with van der Waals surface area (Å²) in [6, 6.07) is -9.16. The number of aliphatic carboxylic acids is 1. The Morgan fingerprint density at radius 2 is 1.39 bits per heavy atom. The van der Waals surface area contributed by atoms with Gasteiger partial charge in [0.2, 0.25) is 83.2 Å². The molecule has 0 bridgehead atoms. The average Bonchev–Trinajstić information content (AvgIpc) is 1.80. The quantitative estimate of drug-likeness (QED) is 0.00710. The predicted octanol–water partition coefficient (Wildman–Crippen LogP) is -2.72. The Balaban J connectivity index is 1.36. The van der Waals surface area contributed by atoms with Crippen molar-refractivity contribution < 1.29 is 105 Å². The number of aromatic amines is 1. The maximum absolute atomic E-state index is 15.4. The van der Waals surface area contributed by atoms with Crippen molar-refractivity contribution in [1.29, 1.82) is 0 Å². The molecule has 3 fully saturated rings. The van der Waals surface area contributed by atoms with E-state index in [9.17, 15) is 75.9 Å². The van der Waals surface area contributed by atoms with Gasteiger partial charge in [-0.1, -0.05) is 102 Å². The molecule has 0 spiro atoms. The lowest BCUT2D eigenvalue weighted by Crippen LogP contribution is -2.64. The third-order valence-corrected chi connectivity index (χ3v) is 22.1. The van der Waals surface area contributed by atoms with E-state index in [1.165, 1.54) is 19.1 Å². The van der Waals surface area contributed by atoms with Crippen molar-refractivity contribution in [3.05, 3.63) is 70.3 Å². The number of H-pyrrole nitrogens is 1. The first-order valence-electron chi connectivity index (χ1n) is 38.2. The van der Waals surface area contributed by atoms with Gasteiger partial charge in [-0.05, 0) is 111 Å². The number of amides is 14. The maximum atomic E-state index is 15.4. The second-order valence-corrected chi connectivity index (χ2v) is 33.8. The fourth-order valence-corrected chi connectivity index (χ4v) is 14.6. The summed E-state index contributed by atoms with van der Waals surface area (Å²) in [6.45, 7) is 15.0. The summed E-state index contributed by atoms with van der Waals surface area (Å²) in [5.41, 5.74) is 15.6. The minimum absolute atomic E-state index is 0.0131. The number of carbonyl (C=O) groups is 16. The fourth-order valence-electron chi connectivity index (χ4n) is 13.7. The van der Waals surface area contributed by atoms with E-state index in [1.54, 1.807) is 98.0 Å². The number of carboxylic acid groups (broad SMARTS) is 1. The number of halogens is 1. The number of nitrogens with one attached hydrogen (secondary N) is 11. The molecule has 3 saturated heterocycles. The van der Waals surface area contributed by atoms with Crippen molar-refractivity contribution in [3.8, 4) is 0 Å². The van der Waals surface area contributed by atoms with Crippen molar-refractivity contribution in [2.45, 2.75) is 231 Å². The Morgan fingerprint density at radius 1 is 0.769 bits per heavy atom. The van der Waals surface area contributed by atoms with Crippen LogP contribution in [0.1, 0.15) is 151 Å².